The van der Waals surface area contributed by atoms with E-state index in [1.807, 2.05) is 43.3 Å². The molecular formula is C25H36N6O. The van der Waals surface area contributed by atoms with Gasteiger partial charge in [0.15, 0.2) is 5.96 Å². The molecule has 0 radical (unpaired) electrons. The fraction of sp³-hybridized carbons (Fsp3) is 0.440. The number of rotatable bonds is 8. The van der Waals surface area contributed by atoms with Crippen molar-refractivity contribution in [2.24, 2.45) is 4.99 Å². The highest BCUT2D eigenvalue weighted by molar-refractivity contribution is 5.92. The molecule has 0 aromatic heterocycles. The van der Waals surface area contributed by atoms with Gasteiger partial charge in [0.1, 0.15) is 0 Å². The van der Waals surface area contributed by atoms with E-state index in [-0.39, 0.29) is 5.91 Å². The maximum absolute atomic E-state index is 12.0. The quantitative estimate of drug-likeness (QED) is 0.438. The molecule has 1 aliphatic heterocycles. The van der Waals surface area contributed by atoms with Crippen LogP contribution in [0.1, 0.15) is 24.5 Å². The first-order valence-corrected chi connectivity index (χ1v) is 11.2. The van der Waals surface area contributed by atoms with Gasteiger partial charge in [-0.05, 0) is 50.7 Å². The third-order valence-corrected chi connectivity index (χ3v) is 5.63. The molecule has 1 fully saturated rings. The van der Waals surface area contributed by atoms with E-state index in [4.69, 9.17) is 0 Å². The summed E-state index contributed by atoms with van der Waals surface area (Å²) in [6, 6.07) is 19.4. The van der Waals surface area contributed by atoms with Crippen molar-refractivity contribution in [2.45, 2.75) is 38.5 Å². The number of carbonyl (C=O) groups is 1. The second kappa shape index (κ2) is 11.6. The maximum atomic E-state index is 12.0. The van der Waals surface area contributed by atoms with Crippen molar-refractivity contribution in [3.05, 3.63) is 65.7 Å². The SMILES string of the molecule is CN=C(NCc1cccc(NC(=O)CN(C)C)c1)NC1CC(C)N(Cc2ccccc2)C1. The zero-order valence-corrected chi connectivity index (χ0v) is 19.6. The Morgan fingerprint density at radius 2 is 1.88 bits per heavy atom. The Labute approximate surface area is 191 Å². The largest absolute Gasteiger partial charge is 0.352 e. The van der Waals surface area contributed by atoms with Crippen LogP contribution in [0.3, 0.4) is 0 Å². The van der Waals surface area contributed by atoms with Crippen molar-refractivity contribution in [1.82, 2.24) is 20.4 Å². The van der Waals surface area contributed by atoms with Crippen LogP contribution in [0.25, 0.3) is 0 Å². The zero-order chi connectivity index (χ0) is 22.9. The van der Waals surface area contributed by atoms with Gasteiger partial charge in [0, 0.05) is 44.5 Å². The average molecular weight is 437 g/mol. The number of anilines is 1. The smallest absolute Gasteiger partial charge is 0.238 e. The number of likely N-dealkylation sites (N-methyl/N-ethyl adjacent to an activating group) is 1. The Morgan fingerprint density at radius 3 is 2.59 bits per heavy atom. The van der Waals surface area contributed by atoms with Crippen LogP contribution in [-0.4, -0.2) is 68.0 Å². The molecule has 2 unspecified atom stereocenters. The van der Waals surface area contributed by atoms with Crippen molar-refractivity contribution >= 4 is 17.6 Å². The van der Waals surface area contributed by atoms with Crippen LogP contribution in [0, 0.1) is 0 Å². The molecule has 3 rings (SSSR count). The third kappa shape index (κ3) is 7.35. The van der Waals surface area contributed by atoms with Gasteiger partial charge in [-0.25, -0.2) is 0 Å². The number of nitrogens with zero attached hydrogens (tertiary/aromatic N) is 3. The van der Waals surface area contributed by atoms with Gasteiger partial charge in [-0.1, -0.05) is 42.5 Å². The van der Waals surface area contributed by atoms with Crippen molar-refractivity contribution in [3.63, 3.8) is 0 Å². The van der Waals surface area contributed by atoms with Gasteiger partial charge in [0.05, 0.1) is 6.54 Å². The Morgan fingerprint density at radius 1 is 1.12 bits per heavy atom. The van der Waals surface area contributed by atoms with E-state index in [1.54, 1.807) is 7.05 Å². The highest BCUT2D eigenvalue weighted by Crippen LogP contribution is 2.20. The summed E-state index contributed by atoms with van der Waals surface area (Å²) in [6.07, 6.45) is 1.08. The predicted molar refractivity (Wildman–Crippen MR) is 132 cm³/mol. The summed E-state index contributed by atoms with van der Waals surface area (Å²) < 4.78 is 0. The minimum Gasteiger partial charge on any atom is -0.352 e. The second-order valence-electron chi connectivity index (χ2n) is 8.75. The van der Waals surface area contributed by atoms with E-state index in [1.165, 1.54) is 5.56 Å². The molecule has 1 saturated heterocycles. The average Bonchev–Trinajstić information content (AvgIpc) is 3.10. The topological polar surface area (TPSA) is 72.0 Å². The minimum atomic E-state index is -0.0204. The summed E-state index contributed by atoms with van der Waals surface area (Å²) in [5.74, 6) is 0.777. The first kappa shape index (κ1) is 23.8. The van der Waals surface area contributed by atoms with Gasteiger partial charge in [-0.2, -0.15) is 0 Å². The lowest BCUT2D eigenvalue weighted by molar-refractivity contribution is -0.116. The molecule has 7 nitrogen and oxygen atoms in total. The first-order chi connectivity index (χ1) is 15.4. The minimum absolute atomic E-state index is 0.0204. The van der Waals surface area contributed by atoms with Gasteiger partial charge in [-0.3, -0.25) is 14.7 Å². The summed E-state index contributed by atoms with van der Waals surface area (Å²) in [4.78, 5) is 20.8. The van der Waals surface area contributed by atoms with E-state index in [2.05, 4.69) is 63.1 Å². The number of amides is 1. The second-order valence-corrected chi connectivity index (χ2v) is 8.75. The fourth-order valence-electron chi connectivity index (χ4n) is 4.06. The summed E-state index contributed by atoms with van der Waals surface area (Å²) in [7, 11) is 5.56. The first-order valence-electron chi connectivity index (χ1n) is 11.2. The summed E-state index contributed by atoms with van der Waals surface area (Å²) in [5.41, 5.74) is 3.24. The molecular weight excluding hydrogens is 400 g/mol. The monoisotopic (exact) mass is 436 g/mol. The van der Waals surface area contributed by atoms with E-state index >= 15 is 0 Å². The van der Waals surface area contributed by atoms with E-state index in [0.29, 0.717) is 25.2 Å². The Hall–Kier alpha value is -2.90. The zero-order valence-electron chi connectivity index (χ0n) is 19.6. The summed E-state index contributed by atoms with van der Waals surface area (Å²) >= 11 is 0. The molecule has 0 bridgehead atoms. The number of aliphatic imine (C=N–C) groups is 1. The molecule has 0 spiro atoms. The normalized spacial score (nSPS) is 19.2. The van der Waals surface area contributed by atoms with E-state index < -0.39 is 0 Å². The highest BCUT2D eigenvalue weighted by atomic mass is 16.2. The van der Waals surface area contributed by atoms with Crippen molar-refractivity contribution < 1.29 is 4.79 Å². The number of hydrogen-bond donors (Lipinski definition) is 3. The molecule has 3 N–H and O–H groups in total. The van der Waals surface area contributed by atoms with Crippen molar-refractivity contribution in [1.29, 1.82) is 0 Å². The molecule has 1 heterocycles. The molecule has 0 saturated carbocycles. The molecule has 172 valence electrons. The number of benzene rings is 2. The molecule has 1 amide bonds. The van der Waals surface area contributed by atoms with Crippen LogP contribution < -0.4 is 16.0 Å². The molecule has 2 aromatic rings. The molecule has 1 aliphatic rings. The Kier molecular flexibility index (Phi) is 8.64. The standard InChI is InChI=1S/C25H36N6O/c1-19-13-23(17-31(19)16-20-9-6-5-7-10-20)29-25(26-2)27-15-21-11-8-12-22(14-21)28-24(32)18-30(3)4/h5-12,14,19,23H,13,15-18H2,1-4H3,(H,28,32)(H2,26,27,29). The van der Waals surface area contributed by atoms with Gasteiger partial charge >= 0.3 is 0 Å². The third-order valence-electron chi connectivity index (χ3n) is 5.63. The number of hydrogen-bond acceptors (Lipinski definition) is 4. The van der Waals surface area contributed by atoms with Gasteiger partial charge < -0.3 is 20.9 Å². The summed E-state index contributed by atoms with van der Waals surface area (Å²) in [5, 5.41) is 9.92. The number of nitrogens with one attached hydrogen (secondary N) is 3. The highest BCUT2D eigenvalue weighted by Gasteiger charge is 2.29. The number of guanidine groups is 1. The Balaban J connectivity index is 1.49. The molecule has 0 aliphatic carbocycles. The summed E-state index contributed by atoms with van der Waals surface area (Å²) in [6.45, 7) is 5.24. The molecule has 2 aromatic carbocycles. The van der Waals surface area contributed by atoms with Crippen LogP contribution in [0.4, 0.5) is 5.69 Å². The van der Waals surface area contributed by atoms with E-state index in [0.717, 1.165) is 36.7 Å². The van der Waals surface area contributed by atoms with Crippen LogP contribution in [0.15, 0.2) is 59.6 Å². The molecule has 7 heteroatoms. The van der Waals surface area contributed by atoms with Crippen molar-refractivity contribution in [2.75, 3.05) is 39.5 Å². The Bertz CT molecular complexity index is 898. The van der Waals surface area contributed by atoms with Crippen LogP contribution in [0.5, 0.6) is 0 Å². The van der Waals surface area contributed by atoms with Crippen LogP contribution in [-0.2, 0) is 17.9 Å². The molecule has 32 heavy (non-hydrogen) atoms. The predicted octanol–water partition coefficient (Wildman–Crippen LogP) is 2.51. The van der Waals surface area contributed by atoms with Gasteiger partial charge in [0.2, 0.25) is 5.91 Å². The lowest BCUT2D eigenvalue weighted by Crippen LogP contribution is -2.44. The number of likely N-dealkylation sites (tertiary alicyclic amines) is 1. The van der Waals surface area contributed by atoms with Crippen molar-refractivity contribution in [3.8, 4) is 0 Å². The lowest BCUT2D eigenvalue weighted by atomic mass is 10.2. The van der Waals surface area contributed by atoms with Gasteiger partial charge in [-0.15, -0.1) is 0 Å². The van der Waals surface area contributed by atoms with Gasteiger partial charge in [0.25, 0.3) is 0 Å². The fourth-order valence-corrected chi connectivity index (χ4v) is 4.06. The maximum Gasteiger partial charge on any atom is 0.238 e. The number of carbonyl (C=O) groups excluding carboxylic acids is 1. The van der Waals surface area contributed by atoms with Crippen LogP contribution in [0.2, 0.25) is 0 Å². The van der Waals surface area contributed by atoms with Crippen LogP contribution >= 0.6 is 0 Å². The lowest BCUT2D eigenvalue weighted by Gasteiger charge is -2.21. The molecule has 2 atom stereocenters. The van der Waals surface area contributed by atoms with E-state index in [9.17, 15) is 4.79 Å².